The lowest BCUT2D eigenvalue weighted by Crippen LogP contribution is -2.18. The maximum Gasteiger partial charge on any atom is 0.273 e. The summed E-state index contributed by atoms with van der Waals surface area (Å²) in [5.41, 5.74) is 0.544. The van der Waals surface area contributed by atoms with Crippen molar-refractivity contribution in [3.63, 3.8) is 0 Å². The van der Waals surface area contributed by atoms with Crippen LogP contribution < -0.4 is 10.1 Å². The standard InChI is InChI=1S/C8H7ClN2O3.CH4O/c9-6-3-5(11(12)13)4-7-8(6)14-2-1-10-7;1-2/h3-4,10H,1-2H2;2H,1H3. The van der Waals surface area contributed by atoms with E-state index < -0.39 is 4.92 Å². The maximum absolute atomic E-state index is 10.5. The first-order valence-electron chi connectivity index (χ1n) is 4.48. The molecule has 0 unspecified atom stereocenters. The van der Waals surface area contributed by atoms with E-state index in [2.05, 4.69) is 5.32 Å². The molecular formula is C9H11ClN2O4. The van der Waals surface area contributed by atoms with Crippen molar-refractivity contribution in [1.29, 1.82) is 0 Å². The van der Waals surface area contributed by atoms with Crippen molar-refractivity contribution in [2.45, 2.75) is 0 Å². The van der Waals surface area contributed by atoms with Crippen LogP contribution in [0.3, 0.4) is 0 Å². The Morgan fingerprint density at radius 2 is 2.25 bits per heavy atom. The van der Waals surface area contributed by atoms with Crippen molar-refractivity contribution < 1.29 is 14.8 Å². The highest BCUT2D eigenvalue weighted by molar-refractivity contribution is 6.32. The number of hydrogen-bond acceptors (Lipinski definition) is 5. The fourth-order valence-corrected chi connectivity index (χ4v) is 1.57. The number of aliphatic hydroxyl groups excluding tert-OH is 1. The second-order valence-electron chi connectivity index (χ2n) is 2.84. The predicted molar refractivity (Wildman–Crippen MR) is 60.2 cm³/mol. The number of anilines is 1. The average Bonchev–Trinajstić information content (AvgIpc) is 2.31. The van der Waals surface area contributed by atoms with Crippen LogP contribution in [0, 0.1) is 10.1 Å². The van der Waals surface area contributed by atoms with E-state index in [1.807, 2.05) is 0 Å². The third kappa shape index (κ3) is 2.53. The second-order valence-corrected chi connectivity index (χ2v) is 3.24. The first kappa shape index (κ1) is 12.5. The van der Waals surface area contributed by atoms with Crippen molar-refractivity contribution in [1.82, 2.24) is 0 Å². The quantitative estimate of drug-likeness (QED) is 0.582. The smallest absolute Gasteiger partial charge is 0.273 e. The third-order valence-electron chi connectivity index (χ3n) is 1.90. The van der Waals surface area contributed by atoms with Crippen LogP contribution in [0.15, 0.2) is 12.1 Å². The van der Waals surface area contributed by atoms with Crippen LogP contribution >= 0.6 is 11.6 Å². The van der Waals surface area contributed by atoms with E-state index in [0.29, 0.717) is 24.6 Å². The molecule has 2 N–H and O–H groups in total. The summed E-state index contributed by atoms with van der Waals surface area (Å²) in [6.07, 6.45) is 0. The Morgan fingerprint density at radius 3 is 2.88 bits per heavy atom. The zero-order chi connectivity index (χ0) is 12.1. The summed E-state index contributed by atoms with van der Waals surface area (Å²) in [5.74, 6) is 0.489. The van der Waals surface area contributed by atoms with Crippen LogP contribution in [-0.2, 0) is 0 Å². The highest BCUT2D eigenvalue weighted by Crippen LogP contribution is 2.38. The first-order chi connectivity index (χ1) is 7.68. The van der Waals surface area contributed by atoms with Crippen molar-refractivity contribution in [3.05, 3.63) is 27.3 Å². The molecule has 0 saturated carbocycles. The molecule has 0 amide bonds. The molecule has 1 aliphatic heterocycles. The van der Waals surface area contributed by atoms with Crippen molar-refractivity contribution >= 4 is 23.0 Å². The molecule has 6 nitrogen and oxygen atoms in total. The van der Waals surface area contributed by atoms with Crippen LogP contribution in [-0.4, -0.2) is 30.3 Å². The number of fused-ring (bicyclic) bond motifs is 1. The molecule has 2 rings (SSSR count). The van der Waals surface area contributed by atoms with Gasteiger partial charge in [-0.2, -0.15) is 0 Å². The van der Waals surface area contributed by atoms with Gasteiger partial charge < -0.3 is 15.2 Å². The minimum absolute atomic E-state index is 0.0354. The Labute approximate surface area is 96.9 Å². The van der Waals surface area contributed by atoms with Crippen molar-refractivity contribution in [2.75, 3.05) is 25.6 Å². The Kier molecular flexibility index (Phi) is 4.33. The van der Waals surface area contributed by atoms with Gasteiger partial charge in [-0.3, -0.25) is 10.1 Å². The molecule has 0 bridgehead atoms. The SMILES string of the molecule is CO.O=[N+]([O-])c1cc(Cl)c2c(c1)NCCO2. The number of rotatable bonds is 1. The summed E-state index contributed by atoms with van der Waals surface area (Å²) in [6, 6.07) is 2.70. The van der Waals surface area contributed by atoms with Crippen LogP contribution in [0.1, 0.15) is 0 Å². The fraction of sp³-hybridized carbons (Fsp3) is 0.333. The molecule has 0 atom stereocenters. The summed E-state index contributed by atoms with van der Waals surface area (Å²) < 4.78 is 5.27. The van der Waals surface area contributed by atoms with Crippen LogP contribution in [0.25, 0.3) is 0 Å². The van der Waals surface area contributed by atoms with Gasteiger partial charge in [0.2, 0.25) is 0 Å². The molecule has 0 aliphatic carbocycles. The van der Waals surface area contributed by atoms with Gasteiger partial charge in [0.25, 0.3) is 5.69 Å². The predicted octanol–water partition coefficient (Wildman–Crippen LogP) is 1.66. The first-order valence-corrected chi connectivity index (χ1v) is 4.85. The van der Waals surface area contributed by atoms with E-state index in [4.69, 9.17) is 21.4 Å². The number of benzene rings is 1. The number of aliphatic hydroxyl groups is 1. The van der Waals surface area contributed by atoms with Crippen molar-refractivity contribution in [3.8, 4) is 5.75 Å². The lowest BCUT2D eigenvalue weighted by molar-refractivity contribution is -0.384. The van der Waals surface area contributed by atoms with E-state index in [9.17, 15) is 10.1 Å². The topological polar surface area (TPSA) is 84.6 Å². The molecular weight excluding hydrogens is 236 g/mol. The zero-order valence-electron chi connectivity index (χ0n) is 8.57. The van der Waals surface area contributed by atoms with Crippen LogP contribution in [0.5, 0.6) is 5.75 Å². The van der Waals surface area contributed by atoms with Crippen LogP contribution in [0.4, 0.5) is 11.4 Å². The molecule has 1 aromatic rings. The molecule has 0 spiro atoms. The highest BCUT2D eigenvalue weighted by Gasteiger charge is 2.18. The average molecular weight is 247 g/mol. The van der Waals surface area contributed by atoms with Crippen LogP contribution in [0.2, 0.25) is 5.02 Å². The number of nitro groups is 1. The summed E-state index contributed by atoms with van der Waals surface area (Å²) in [4.78, 5) is 10.0. The van der Waals surface area contributed by atoms with E-state index in [1.165, 1.54) is 12.1 Å². The molecule has 0 saturated heterocycles. The fourth-order valence-electron chi connectivity index (χ4n) is 1.30. The summed E-state index contributed by atoms with van der Waals surface area (Å²) >= 11 is 5.82. The number of non-ortho nitro benzene ring substituents is 1. The van der Waals surface area contributed by atoms with E-state index in [0.717, 1.165) is 7.11 Å². The minimum Gasteiger partial charge on any atom is -0.488 e. The minimum atomic E-state index is -0.484. The monoisotopic (exact) mass is 246 g/mol. The van der Waals surface area contributed by atoms with Gasteiger partial charge in [-0.25, -0.2) is 0 Å². The Balaban J connectivity index is 0.000000606. The largest absolute Gasteiger partial charge is 0.488 e. The number of nitrogens with zero attached hydrogens (tertiary/aromatic N) is 1. The lowest BCUT2D eigenvalue weighted by atomic mass is 10.2. The summed E-state index contributed by atoms with van der Waals surface area (Å²) in [6.45, 7) is 1.15. The molecule has 1 aromatic carbocycles. The van der Waals surface area contributed by atoms with E-state index in [-0.39, 0.29) is 10.7 Å². The number of nitrogens with one attached hydrogen (secondary N) is 1. The van der Waals surface area contributed by atoms with E-state index in [1.54, 1.807) is 0 Å². The molecule has 0 fully saturated rings. The second kappa shape index (κ2) is 5.53. The van der Waals surface area contributed by atoms with Gasteiger partial charge in [0.1, 0.15) is 6.61 Å². The van der Waals surface area contributed by atoms with Gasteiger partial charge in [0.15, 0.2) is 5.75 Å². The molecule has 1 heterocycles. The maximum atomic E-state index is 10.5. The normalized spacial score (nSPS) is 12.4. The van der Waals surface area contributed by atoms with Gasteiger partial charge in [-0.1, -0.05) is 11.6 Å². The zero-order valence-corrected chi connectivity index (χ0v) is 9.32. The van der Waals surface area contributed by atoms with Gasteiger partial charge in [0, 0.05) is 25.8 Å². The lowest BCUT2D eigenvalue weighted by Gasteiger charge is -2.19. The van der Waals surface area contributed by atoms with Gasteiger partial charge in [0.05, 0.1) is 15.6 Å². The number of hydrogen-bond donors (Lipinski definition) is 2. The van der Waals surface area contributed by atoms with Gasteiger partial charge >= 0.3 is 0 Å². The summed E-state index contributed by atoms with van der Waals surface area (Å²) in [7, 11) is 1.00. The molecule has 16 heavy (non-hydrogen) atoms. The Hall–Kier alpha value is -1.53. The number of halogens is 1. The molecule has 7 heteroatoms. The third-order valence-corrected chi connectivity index (χ3v) is 2.18. The highest BCUT2D eigenvalue weighted by atomic mass is 35.5. The molecule has 0 radical (unpaired) electrons. The van der Waals surface area contributed by atoms with Gasteiger partial charge in [-0.05, 0) is 0 Å². The van der Waals surface area contributed by atoms with Crippen molar-refractivity contribution in [2.24, 2.45) is 0 Å². The Morgan fingerprint density at radius 1 is 1.56 bits per heavy atom. The van der Waals surface area contributed by atoms with Gasteiger partial charge in [-0.15, -0.1) is 0 Å². The Bertz CT molecular complexity index is 397. The number of nitro benzene ring substituents is 1. The molecule has 88 valence electrons. The number of ether oxygens (including phenoxy) is 1. The molecule has 1 aliphatic rings. The summed E-state index contributed by atoms with van der Waals surface area (Å²) in [5, 5.41) is 20.8. The molecule has 0 aromatic heterocycles. The van der Waals surface area contributed by atoms with E-state index >= 15 is 0 Å².